The van der Waals surface area contributed by atoms with E-state index in [4.69, 9.17) is 10.3 Å². The SMILES string of the molecule is Cc1noc(-c2ccccc2C(=O)NC2CCCc3cc(N)ccc32)n1. The number of aromatic nitrogens is 2. The summed E-state index contributed by atoms with van der Waals surface area (Å²) in [5, 5.41) is 6.98. The molecule has 0 saturated carbocycles. The van der Waals surface area contributed by atoms with Crippen molar-refractivity contribution < 1.29 is 9.32 Å². The Balaban J connectivity index is 1.63. The molecule has 3 aromatic rings. The molecular weight excluding hydrogens is 328 g/mol. The molecule has 1 aliphatic rings. The predicted octanol–water partition coefficient (Wildman–Crippen LogP) is 3.43. The summed E-state index contributed by atoms with van der Waals surface area (Å²) in [6.45, 7) is 1.75. The van der Waals surface area contributed by atoms with E-state index >= 15 is 0 Å². The number of rotatable bonds is 3. The number of nitrogens with two attached hydrogens (primary N) is 1. The molecule has 4 rings (SSSR count). The molecule has 0 aliphatic heterocycles. The topological polar surface area (TPSA) is 94.0 Å². The molecule has 2 aromatic carbocycles. The Kier molecular flexibility index (Phi) is 4.16. The van der Waals surface area contributed by atoms with E-state index < -0.39 is 0 Å². The molecule has 0 fully saturated rings. The molecule has 0 saturated heterocycles. The molecule has 1 aliphatic carbocycles. The van der Waals surface area contributed by atoms with Gasteiger partial charge in [0.2, 0.25) is 0 Å². The van der Waals surface area contributed by atoms with Crippen LogP contribution in [0.2, 0.25) is 0 Å². The lowest BCUT2D eigenvalue weighted by atomic mass is 9.87. The van der Waals surface area contributed by atoms with E-state index in [0.717, 1.165) is 30.5 Å². The quantitative estimate of drug-likeness (QED) is 0.707. The molecule has 3 N–H and O–H groups in total. The van der Waals surface area contributed by atoms with Crippen molar-refractivity contribution in [3.8, 4) is 11.5 Å². The first-order valence-corrected chi connectivity index (χ1v) is 8.70. The Hall–Kier alpha value is -3.15. The molecule has 0 bridgehead atoms. The van der Waals surface area contributed by atoms with Crippen LogP contribution in [0.1, 0.15) is 46.2 Å². The van der Waals surface area contributed by atoms with E-state index in [9.17, 15) is 4.79 Å². The minimum atomic E-state index is -0.147. The second-order valence-electron chi connectivity index (χ2n) is 6.57. The highest BCUT2D eigenvalue weighted by atomic mass is 16.5. The summed E-state index contributed by atoms with van der Waals surface area (Å²) >= 11 is 0. The summed E-state index contributed by atoms with van der Waals surface area (Å²) in [5.41, 5.74) is 10.2. The first kappa shape index (κ1) is 16.3. The molecule has 6 nitrogen and oxygen atoms in total. The largest absolute Gasteiger partial charge is 0.399 e. The van der Waals surface area contributed by atoms with Crippen LogP contribution in [0, 0.1) is 6.92 Å². The van der Waals surface area contributed by atoms with Crippen molar-refractivity contribution in [2.75, 3.05) is 5.73 Å². The molecule has 1 amide bonds. The van der Waals surface area contributed by atoms with E-state index in [1.165, 1.54) is 5.56 Å². The second-order valence-corrected chi connectivity index (χ2v) is 6.57. The van der Waals surface area contributed by atoms with Crippen LogP contribution in [0.15, 0.2) is 47.0 Å². The van der Waals surface area contributed by atoms with Crippen molar-refractivity contribution in [1.29, 1.82) is 0 Å². The van der Waals surface area contributed by atoms with E-state index in [2.05, 4.69) is 15.5 Å². The molecule has 1 heterocycles. The van der Waals surface area contributed by atoms with E-state index in [1.807, 2.05) is 36.4 Å². The van der Waals surface area contributed by atoms with Crippen molar-refractivity contribution in [3.63, 3.8) is 0 Å². The number of carbonyl (C=O) groups is 1. The van der Waals surface area contributed by atoms with Crippen LogP contribution < -0.4 is 11.1 Å². The molecule has 26 heavy (non-hydrogen) atoms. The third kappa shape index (κ3) is 3.06. The van der Waals surface area contributed by atoms with E-state index in [0.29, 0.717) is 22.8 Å². The highest BCUT2D eigenvalue weighted by Crippen LogP contribution is 2.32. The minimum Gasteiger partial charge on any atom is -0.399 e. The number of aryl methyl sites for hydroxylation is 2. The summed E-state index contributed by atoms with van der Waals surface area (Å²) in [6, 6.07) is 13.2. The maximum absolute atomic E-state index is 13.0. The molecular formula is C20H20N4O2. The standard InChI is InChI=1S/C20H20N4O2/c1-12-22-20(26-24-12)17-7-3-2-6-16(17)19(25)23-18-8-4-5-13-11-14(21)9-10-15(13)18/h2-3,6-7,9-11,18H,4-5,8,21H2,1H3,(H,23,25). The van der Waals surface area contributed by atoms with Gasteiger partial charge in [0.25, 0.3) is 11.8 Å². The summed E-state index contributed by atoms with van der Waals surface area (Å²) in [4.78, 5) is 17.2. The third-order valence-electron chi connectivity index (χ3n) is 4.72. The summed E-state index contributed by atoms with van der Waals surface area (Å²) in [6.07, 6.45) is 2.92. The highest BCUT2D eigenvalue weighted by Gasteiger charge is 2.24. The molecule has 1 aromatic heterocycles. The van der Waals surface area contributed by atoms with Crippen LogP contribution in [0.4, 0.5) is 5.69 Å². The predicted molar refractivity (Wildman–Crippen MR) is 98.5 cm³/mol. The molecule has 132 valence electrons. The van der Waals surface area contributed by atoms with Crippen LogP contribution in [0.25, 0.3) is 11.5 Å². The summed E-state index contributed by atoms with van der Waals surface area (Å²) in [7, 11) is 0. The van der Waals surface area contributed by atoms with Gasteiger partial charge >= 0.3 is 0 Å². The Morgan fingerprint density at radius 1 is 1.27 bits per heavy atom. The average Bonchev–Trinajstić information content (AvgIpc) is 3.08. The van der Waals surface area contributed by atoms with Gasteiger partial charge in [0.1, 0.15) is 0 Å². The number of nitrogens with zero attached hydrogens (tertiary/aromatic N) is 2. The number of carbonyl (C=O) groups excluding carboxylic acids is 1. The Bertz CT molecular complexity index is 964. The van der Waals surface area contributed by atoms with Gasteiger partial charge in [0.05, 0.1) is 17.2 Å². The van der Waals surface area contributed by atoms with Gasteiger partial charge in [-0.1, -0.05) is 23.4 Å². The molecule has 6 heteroatoms. The van der Waals surface area contributed by atoms with Crippen molar-refractivity contribution >= 4 is 11.6 Å². The number of amides is 1. The van der Waals surface area contributed by atoms with E-state index in [1.54, 1.807) is 13.0 Å². The van der Waals surface area contributed by atoms with Crippen molar-refractivity contribution in [3.05, 3.63) is 65.0 Å². The molecule has 1 unspecified atom stereocenters. The number of hydrogen-bond donors (Lipinski definition) is 2. The second kappa shape index (κ2) is 6.63. The maximum Gasteiger partial charge on any atom is 0.258 e. The van der Waals surface area contributed by atoms with Crippen LogP contribution in [-0.2, 0) is 6.42 Å². The molecule has 1 atom stereocenters. The fourth-order valence-electron chi connectivity index (χ4n) is 3.49. The minimum absolute atomic E-state index is 0.0238. The van der Waals surface area contributed by atoms with Gasteiger partial charge in [-0.3, -0.25) is 4.79 Å². The Labute approximate surface area is 151 Å². The number of anilines is 1. The van der Waals surface area contributed by atoms with Gasteiger partial charge in [0.15, 0.2) is 5.82 Å². The van der Waals surface area contributed by atoms with Gasteiger partial charge in [0, 0.05) is 5.69 Å². The fourth-order valence-corrected chi connectivity index (χ4v) is 3.49. The first-order chi connectivity index (χ1) is 12.6. The summed E-state index contributed by atoms with van der Waals surface area (Å²) in [5.74, 6) is 0.741. The zero-order chi connectivity index (χ0) is 18.1. The average molecular weight is 348 g/mol. The van der Waals surface area contributed by atoms with Crippen molar-refractivity contribution in [2.45, 2.75) is 32.2 Å². The summed E-state index contributed by atoms with van der Waals surface area (Å²) < 4.78 is 5.25. The van der Waals surface area contributed by atoms with Gasteiger partial charge < -0.3 is 15.6 Å². The first-order valence-electron chi connectivity index (χ1n) is 8.70. The number of nitrogens with one attached hydrogen (secondary N) is 1. The normalized spacial score (nSPS) is 16.1. The Morgan fingerprint density at radius 2 is 2.12 bits per heavy atom. The lowest BCUT2D eigenvalue weighted by molar-refractivity contribution is 0.0933. The van der Waals surface area contributed by atoms with Gasteiger partial charge in [-0.2, -0.15) is 4.98 Å². The van der Waals surface area contributed by atoms with Crippen LogP contribution in [0.5, 0.6) is 0 Å². The van der Waals surface area contributed by atoms with Crippen LogP contribution >= 0.6 is 0 Å². The zero-order valence-electron chi connectivity index (χ0n) is 14.5. The lowest BCUT2D eigenvalue weighted by Crippen LogP contribution is -2.31. The number of fused-ring (bicyclic) bond motifs is 1. The van der Waals surface area contributed by atoms with E-state index in [-0.39, 0.29) is 11.9 Å². The monoisotopic (exact) mass is 348 g/mol. The fraction of sp³-hybridized carbons (Fsp3) is 0.250. The molecule has 0 radical (unpaired) electrons. The smallest absolute Gasteiger partial charge is 0.258 e. The lowest BCUT2D eigenvalue weighted by Gasteiger charge is -2.27. The Morgan fingerprint density at radius 3 is 2.92 bits per heavy atom. The van der Waals surface area contributed by atoms with Crippen molar-refractivity contribution in [1.82, 2.24) is 15.5 Å². The van der Waals surface area contributed by atoms with Crippen molar-refractivity contribution in [2.24, 2.45) is 0 Å². The highest BCUT2D eigenvalue weighted by molar-refractivity contribution is 6.00. The number of hydrogen-bond acceptors (Lipinski definition) is 5. The number of nitrogen functional groups attached to an aromatic ring is 1. The molecule has 0 spiro atoms. The van der Waals surface area contributed by atoms with Crippen LogP contribution in [0.3, 0.4) is 0 Å². The maximum atomic E-state index is 13.0. The third-order valence-corrected chi connectivity index (χ3v) is 4.72. The zero-order valence-corrected chi connectivity index (χ0v) is 14.5. The number of benzene rings is 2. The van der Waals surface area contributed by atoms with Crippen LogP contribution in [-0.4, -0.2) is 16.0 Å². The van der Waals surface area contributed by atoms with Gasteiger partial charge in [-0.25, -0.2) is 0 Å². The van der Waals surface area contributed by atoms with Gasteiger partial charge in [-0.05, 0) is 61.6 Å². The van der Waals surface area contributed by atoms with Gasteiger partial charge in [-0.15, -0.1) is 0 Å².